The molecule has 2 unspecified atom stereocenters. The van der Waals surface area contributed by atoms with Crippen LogP contribution in [0.1, 0.15) is 86.7 Å². The molecule has 61 heavy (non-hydrogen) atoms. The molecule has 3 aromatic carbocycles. The fraction of sp³-hybridized carbons (Fsp3) is 0.447. The highest BCUT2D eigenvalue weighted by Gasteiger charge is 2.75. The number of amides is 1. The van der Waals surface area contributed by atoms with E-state index in [4.69, 9.17) is 23.7 Å². The van der Waals surface area contributed by atoms with Crippen molar-refractivity contribution in [3.05, 3.63) is 119 Å². The summed E-state index contributed by atoms with van der Waals surface area (Å²) in [7, 11) is 0. The van der Waals surface area contributed by atoms with Crippen LogP contribution in [0.15, 0.2) is 102 Å². The van der Waals surface area contributed by atoms with E-state index in [2.05, 4.69) is 5.32 Å². The van der Waals surface area contributed by atoms with Gasteiger partial charge in [0.1, 0.15) is 18.3 Å². The Bertz CT molecular complexity index is 2230. The highest BCUT2D eigenvalue weighted by Crippen LogP contribution is 2.63. The Balaban J connectivity index is 1.36. The number of hydrogen-bond acceptors (Lipinski definition) is 13. The Morgan fingerprint density at radius 3 is 1.95 bits per heavy atom. The lowest BCUT2D eigenvalue weighted by Gasteiger charge is -2.66. The van der Waals surface area contributed by atoms with E-state index in [0.29, 0.717) is 16.7 Å². The fourth-order valence-electron chi connectivity index (χ4n) is 10.3. The first-order valence-corrected chi connectivity index (χ1v) is 20.4. The largest absolute Gasteiger partial charge is 0.458 e. The van der Waals surface area contributed by atoms with Gasteiger partial charge in [-0.2, -0.15) is 0 Å². The van der Waals surface area contributed by atoms with Crippen molar-refractivity contribution < 1.29 is 62.7 Å². The molecule has 2 saturated carbocycles. The van der Waals surface area contributed by atoms with Crippen molar-refractivity contribution in [3.8, 4) is 0 Å². The molecule has 1 amide bonds. The van der Waals surface area contributed by atoms with E-state index in [9.17, 15) is 34.2 Å². The maximum atomic E-state index is 15.5. The molecule has 1 aliphatic heterocycles. The molecule has 14 nitrogen and oxygen atoms in total. The van der Waals surface area contributed by atoms with Gasteiger partial charge in [0.25, 0.3) is 5.91 Å². The minimum Gasteiger partial charge on any atom is -0.458 e. The van der Waals surface area contributed by atoms with Gasteiger partial charge < -0.3 is 39.2 Å². The van der Waals surface area contributed by atoms with E-state index in [1.807, 2.05) is 0 Å². The van der Waals surface area contributed by atoms with Gasteiger partial charge in [0.2, 0.25) is 0 Å². The average molecular weight is 838 g/mol. The van der Waals surface area contributed by atoms with Gasteiger partial charge in [0.05, 0.1) is 35.6 Å². The van der Waals surface area contributed by atoms with Crippen LogP contribution in [-0.2, 0) is 42.9 Å². The van der Waals surface area contributed by atoms with Crippen LogP contribution in [0.5, 0.6) is 0 Å². The molecule has 1 saturated heterocycles. The standard InChI is InChI=1S/C47H51NO13/c1-25-32(59-44(56)37(52)36(28-16-10-7-11-17-28)48-42(54)29-18-12-8-13-19-29)22-31-38(60-43(55)30-20-14-9-15-21-30)40-46(6,33(51)23-34-47(40,24-57-34)61-27(3)50)41(53)39(58-26(2)49)35(25)45(31,4)5/h7-21,31-34,36-40,51-52H,22-24H2,1-6H3,(H,48,54)/t31?,32-,33-,34+,36-,37+,38+,39?,40-,46+,47-/m0/s1. The van der Waals surface area contributed by atoms with Gasteiger partial charge in [-0.3, -0.25) is 19.2 Å². The number of carbonyl (C=O) groups excluding carboxylic acids is 6. The van der Waals surface area contributed by atoms with Crippen molar-refractivity contribution in [2.75, 3.05) is 6.61 Å². The highest BCUT2D eigenvalue weighted by molar-refractivity contribution is 5.96. The van der Waals surface area contributed by atoms with Crippen molar-refractivity contribution >= 4 is 35.6 Å². The predicted octanol–water partition coefficient (Wildman–Crippen LogP) is 4.62. The van der Waals surface area contributed by atoms with Crippen LogP contribution >= 0.6 is 0 Å². The number of aliphatic hydroxyl groups excluding tert-OH is 2. The van der Waals surface area contributed by atoms with Gasteiger partial charge in [-0.05, 0) is 66.7 Å². The number of ketones is 1. The molecule has 0 radical (unpaired) electrons. The molecule has 3 fully saturated rings. The SMILES string of the molecule is CC(=O)OC1C(=O)[C@@]2(C)[C@H]([C@H](OC(=O)c3ccccc3)C3C[C@H](OC(=O)[C@H](O)[C@@H](NC(=O)c4ccccc4)c4ccccc4)C(C)=C1C3(C)C)[C@]1(OC(C)=O)CO[C@@H]1C[C@@H]2O. The summed E-state index contributed by atoms with van der Waals surface area (Å²) < 4.78 is 30.7. The van der Waals surface area contributed by atoms with Crippen LogP contribution in [0.25, 0.3) is 0 Å². The van der Waals surface area contributed by atoms with Crippen LogP contribution in [0.3, 0.4) is 0 Å². The Morgan fingerprint density at radius 2 is 1.39 bits per heavy atom. The zero-order chi connectivity index (χ0) is 44.0. The second-order valence-corrected chi connectivity index (χ2v) is 17.2. The average Bonchev–Trinajstić information content (AvgIpc) is 3.23. The number of aliphatic hydroxyl groups is 2. The monoisotopic (exact) mass is 837 g/mol. The molecule has 322 valence electrons. The third-order valence-electron chi connectivity index (χ3n) is 13.3. The van der Waals surface area contributed by atoms with Gasteiger partial charge in [0.15, 0.2) is 23.6 Å². The Hall–Kier alpha value is -5.70. The first kappa shape index (κ1) is 43.4. The summed E-state index contributed by atoms with van der Waals surface area (Å²) >= 11 is 0. The van der Waals surface area contributed by atoms with Crippen LogP contribution in [0.4, 0.5) is 0 Å². The summed E-state index contributed by atoms with van der Waals surface area (Å²) in [5, 5.41) is 26.6. The molecular weight excluding hydrogens is 787 g/mol. The lowest BCUT2D eigenvalue weighted by atomic mass is 9.46. The molecule has 3 aromatic rings. The van der Waals surface area contributed by atoms with E-state index in [1.165, 1.54) is 13.8 Å². The molecule has 4 aliphatic rings. The third kappa shape index (κ3) is 7.65. The number of ether oxygens (including phenoxy) is 5. The van der Waals surface area contributed by atoms with E-state index in [-0.39, 0.29) is 30.6 Å². The molecule has 3 N–H and O–H groups in total. The molecule has 3 aliphatic carbocycles. The minimum absolute atomic E-state index is 0.0642. The van der Waals surface area contributed by atoms with Crippen LogP contribution in [0, 0.1) is 22.7 Å². The summed E-state index contributed by atoms with van der Waals surface area (Å²) in [5.74, 6) is -6.83. The number of carbonyl (C=O) groups is 6. The van der Waals surface area contributed by atoms with Crippen LogP contribution < -0.4 is 5.32 Å². The van der Waals surface area contributed by atoms with Gasteiger partial charge in [-0.15, -0.1) is 0 Å². The molecule has 7 rings (SSSR count). The summed E-state index contributed by atoms with van der Waals surface area (Å²) in [4.78, 5) is 83.3. The lowest BCUT2D eigenvalue weighted by Crippen LogP contribution is -2.79. The van der Waals surface area contributed by atoms with Crippen molar-refractivity contribution in [2.24, 2.45) is 22.7 Å². The molecule has 2 bridgehead atoms. The number of benzene rings is 3. The molecule has 0 aromatic heterocycles. The van der Waals surface area contributed by atoms with E-state index < -0.39 is 107 Å². The fourth-order valence-corrected chi connectivity index (χ4v) is 10.3. The Kier molecular flexibility index (Phi) is 11.8. The quantitative estimate of drug-likeness (QED) is 0.145. The Morgan fingerprint density at radius 1 is 0.803 bits per heavy atom. The molecule has 0 spiro atoms. The van der Waals surface area contributed by atoms with Crippen LogP contribution in [-0.4, -0.2) is 94.6 Å². The van der Waals surface area contributed by atoms with Crippen molar-refractivity contribution in [1.82, 2.24) is 5.32 Å². The zero-order valence-corrected chi connectivity index (χ0v) is 34.9. The van der Waals surface area contributed by atoms with E-state index >= 15 is 4.79 Å². The van der Waals surface area contributed by atoms with Crippen molar-refractivity contribution in [1.29, 1.82) is 0 Å². The van der Waals surface area contributed by atoms with Crippen LogP contribution in [0.2, 0.25) is 0 Å². The van der Waals surface area contributed by atoms with Gasteiger partial charge >= 0.3 is 23.9 Å². The summed E-state index contributed by atoms with van der Waals surface area (Å²) in [6.07, 6.45) is -8.64. The molecule has 1 heterocycles. The zero-order valence-electron chi connectivity index (χ0n) is 34.9. The number of fused-ring (bicyclic) bond motifs is 5. The summed E-state index contributed by atoms with van der Waals surface area (Å²) in [6.45, 7) is 8.91. The normalized spacial score (nSPS) is 31.0. The summed E-state index contributed by atoms with van der Waals surface area (Å²) in [6, 6.07) is 23.6. The van der Waals surface area contributed by atoms with E-state index in [0.717, 1.165) is 6.92 Å². The molecule has 14 heteroatoms. The number of esters is 4. The lowest BCUT2D eigenvalue weighted by molar-refractivity contribution is -0.335. The first-order chi connectivity index (χ1) is 28.9. The maximum absolute atomic E-state index is 15.5. The summed E-state index contributed by atoms with van der Waals surface area (Å²) in [5.41, 5.74) is -3.12. The number of hydrogen-bond donors (Lipinski definition) is 3. The molecule has 11 atom stereocenters. The highest BCUT2D eigenvalue weighted by atomic mass is 16.6. The van der Waals surface area contributed by atoms with Gasteiger partial charge in [0, 0.05) is 31.7 Å². The minimum atomic E-state index is -1.94. The van der Waals surface area contributed by atoms with Crippen molar-refractivity contribution in [3.63, 3.8) is 0 Å². The third-order valence-corrected chi connectivity index (χ3v) is 13.3. The number of rotatable bonds is 10. The van der Waals surface area contributed by atoms with Gasteiger partial charge in [-0.25, -0.2) is 9.59 Å². The maximum Gasteiger partial charge on any atom is 0.338 e. The number of Topliss-reactive ketones (excluding diaryl/α,β-unsaturated/α-hetero) is 1. The second-order valence-electron chi connectivity index (χ2n) is 17.2. The van der Waals surface area contributed by atoms with Crippen molar-refractivity contribution in [2.45, 2.75) is 103 Å². The smallest absolute Gasteiger partial charge is 0.338 e. The van der Waals surface area contributed by atoms with E-state index in [1.54, 1.807) is 112 Å². The number of nitrogens with one attached hydrogen (secondary N) is 1. The Labute approximate surface area is 353 Å². The van der Waals surface area contributed by atoms with Gasteiger partial charge in [-0.1, -0.05) is 80.6 Å². The first-order valence-electron chi connectivity index (χ1n) is 20.4. The predicted molar refractivity (Wildman–Crippen MR) is 216 cm³/mol. The second kappa shape index (κ2) is 16.6. The topological polar surface area (TPSA) is 201 Å². The molecular formula is C47H51NO13.